The first kappa shape index (κ1) is 13.1. The van der Waals surface area contributed by atoms with Crippen molar-refractivity contribution in [3.63, 3.8) is 0 Å². The van der Waals surface area contributed by atoms with E-state index in [1.165, 1.54) is 0 Å². The highest BCUT2D eigenvalue weighted by molar-refractivity contribution is 7.77. The van der Waals surface area contributed by atoms with Crippen molar-refractivity contribution in [3.8, 4) is 0 Å². The zero-order chi connectivity index (χ0) is 11.2. The Morgan fingerprint density at radius 3 is 1.64 bits per heavy atom. The van der Waals surface area contributed by atoms with Crippen LogP contribution in [0.15, 0.2) is 30.6 Å². The number of nitrogens with zero attached hydrogens (tertiary/aromatic N) is 1. The molecule has 0 aromatic carbocycles. The molecule has 0 N–H and O–H groups in total. The molecule has 0 fully saturated rings. The van der Waals surface area contributed by atoms with Gasteiger partial charge in [0.2, 0.25) is 0 Å². The second-order valence-corrected chi connectivity index (χ2v) is 3.42. The van der Waals surface area contributed by atoms with Gasteiger partial charge in [-0.15, -0.1) is 3.97 Å². The smallest absolute Gasteiger partial charge is 0.418 e. The maximum atomic E-state index is 10.7. The average molecular weight is 229 g/mol. The summed E-state index contributed by atoms with van der Waals surface area (Å²) < 4.78 is 51.4. The molecular weight excluding hydrogens is 221 g/mol. The van der Waals surface area contributed by atoms with E-state index in [0.717, 1.165) is 0 Å². The van der Waals surface area contributed by atoms with E-state index in [9.17, 15) is 21.5 Å². The molecule has 80 valence electrons. The SMILES string of the molecule is CS(=O)[n+]1ccccc1.F[B-](F)(F)F. The van der Waals surface area contributed by atoms with Gasteiger partial charge < -0.3 is 17.3 Å². The number of pyridine rings is 1. The molecule has 0 bridgehead atoms. The molecule has 8 heteroatoms. The summed E-state index contributed by atoms with van der Waals surface area (Å²) >= 11 is 0. The first-order valence-electron chi connectivity index (χ1n) is 3.48. The molecule has 0 saturated heterocycles. The number of hydrogen-bond acceptors (Lipinski definition) is 1. The van der Waals surface area contributed by atoms with Crippen LogP contribution in [-0.4, -0.2) is 17.7 Å². The van der Waals surface area contributed by atoms with Crippen LogP contribution in [0.1, 0.15) is 0 Å². The fourth-order valence-corrected chi connectivity index (χ4v) is 1.04. The maximum Gasteiger partial charge on any atom is 0.673 e. The first-order valence-corrected chi connectivity index (χ1v) is 5.00. The topological polar surface area (TPSA) is 20.9 Å². The third-order valence-corrected chi connectivity index (χ3v) is 1.82. The van der Waals surface area contributed by atoms with E-state index in [1.54, 1.807) is 22.6 Å². The molecule has 1 aromatic heterocycles. The molecule has 0 radical (unpaired) electrons. The van der Waals surface area contributed by atoms with Crippen LogP contribution in [-0.2, 0) is 11.0 Å². The number of hydrogen-bond donors (Lipinski definition) is 0. The molecule has 0 aliphatic carbocycles. The largest absolute Gasteiger partial charge is 0.673 e. The van der Waals surface area contributed by atoms with Crippen LogP contribution >= 0.6 is 0 Å². The Morgan fingerprint density at radius 2 is 1.43 bits per heavy atom. The number of halogens is 4. The summed E-state index contributed by atoms with van der Waals surface area (Å²) in [5.74, 6) is 0. The van der Waals surface area contributed by atoms with Crippen LogP contribution in [0.5, 0.6) is 0 Å². The van der Waals surface area contributed by atoms with Crippen molar-refractivity contribution in [2.24, 2.45) is 0 Å². The van der Waals surface area contributed by atoms with Crippen LogP contribution in [0.3, 0.4) is 0 Å². The molecule has 14 heavy (non-hydrogen) atoms. The summed E-state index contributed by atoms with van der Waals surface area (Å²) in [6.07, 6.45) is 5.19. The molecule has 1 heterocycles. The van der Waals surface area contributed by atoms with E-state index in [4.69, 9.17) is 0 Å². The lowest BCUT2D eigenvalue weighted by atomic mass is 10.3. The summed E-state index contributed by atoms with van der Waals surface area (Å²) in [6.45, 7) is 0. The fraction of sp³-hybridized carbons (Fsp3) is 0.167. The van der Waals surface area contributed by atoms with E-state index in [1.807, 2.05) is 18.2 Å². The van der Waals surface area contributed by atoms with Crippen LogP contribution < -0.4 is 3.97 Å². The van der Waals surface area contributed by atoms with E-state index >= 15 is 0 Å². The van der Waals surface area contributed by atoms with E-state index in [-0.39, 0.29) is 0 Å². The van der Waals surface area contributed by atoms with Gasteiger partial charge in [-0.25, -0.2) is 0 Å². The first-order chi connectivity index (χ1) is 6.30. The Kier molecular flexibility index (Phi) is 5.36. The molecule has 2 nitrogen and oxygen atoms in total. The molecule has 1 atom stereocenters. The summed E-state index contributed by atoms with van der Waals surface area (Å²) in [4.78, 5) is 0. The zero-order valence-corrected chi connectivity index (χ0v) is 8.06. The lowest BCUT2D eigenvalue weighted by Crippen LogP contribution is -2.35. The minimum atomic E-state index is -6.00. The Morgan fingerprint density at radius 1 is 1.07 bits per heavy atom. The van der Waals surface area contributed by atoms with Crippen LogP contribution in [0.4, 0.5) is 17.3 Å². The maximum absolute atomic E-state index is 10.7. The normalized spacial score (nSPS) is 12.6. The van der Waals surface area contributed by atoms with E-state index in [0.29, 0.717) is 0 Å². The molecule has 0 aliphatic heterocycles. The minimum absolute atomic E-state index is 0.912. The molecule has 0 spiro atoms. The number of aromatic nitrogens is 1. The zero-order valence-electron chi connectivity index (χ0n) is 7.24. The minimum Gasteiger partial charge on any atom is -0.418 e. The Bertz CT molecular complexity index is 286. The predicted molar refractivity (Wildman–Crippen MR) is 46.3 cm³/mol. The second-order valence-electron chi connectivity index (χ2n) is 2.15. The third-order valence-electron chi connectivity index (χ3n) is 0.985. The van der Waals surface area contributed by atoms with Gasteiger partial charge in [0, 0.05) is 12.1 Å². The van der Waals surface area contributed by atoms with Gasteiger partial charge in [-0.1, -0.05) is 6.07 Å². The predicted octanol–water partition coefficient (Wildman–Crippen LogP) is 1.42. The summed E-state index contributed by atoms with van der Waals surface area (Å²) in [5, 5.41) is 0. The van der Waals surface area contributed by atoms with Crippen molar-refractivity contribution in [2.45, 2.75) is 0 Å². The molecule has 0 aliphatic rings. The highest BCUT2D eigenvalue weighted by Gasteiger charge is 2.20. The summed E-state index contributed by atoms with van der Waals surface area (Å²) in [6, 6.07) is 5.59. The Balaban J connectivity index is 0.000000292. The molecule has 0 amide bonds. The lowest BCUT2D eigenvalue weighted by molar-refractivity contribution is -0.503. The Labute approximate surface area is 81.3 Å². The van der Waals surface area contributed by atoms with E-state index < -0.39 is 18.2 Å². The molecule has 1 rings (SSSR count). The van der Waals surface area contributed by atoms with E-state index in [2.05, 4.69) is 0 Å². The highest BCUT2D eigenvalue weighted by Crippen LogP contribution is 2.06. The van der Waals surface area contributed by atoms with Crippen LogP contribution in [0.2, 0.25) is 0 Å². The van der Waals surface area contributed by atoms with Gasteiger partial charge in [0.25, 0.3) is 11.0 Å². The fourth-order valence-electron chi connectivity index (χ4n) is 0.554. The quantitative estimate of drug-likeness (QED) is 0.405. The summed E-state index contributed by atoms with van der Waals surface area (Å²) in [5.41, 5.74) is 0. The van der Waals surface area contributed by atoms with Gasteiger partial charge in [0.1, 0.15) is 0 Å². The third kappa shape index (κ3) is 9.18. The highest BCUT2D eigenvalue weighted by atomic mass is 32.2. The van der Waals surface area contributed by atoms with Crippen molar-refractivity contribution < 1.29 is 25.4 Å². The average Bonchev–Trinajstić information content (AvgIpc) is 2.03. The van der Waals surface area contributed by atoms with Gasteiger partial charge in [-0.3, -0.25) is 0 Å². The summed E-state index contributed by atoms with van der Waals surface area (Å²) in [7, 11) is -6.91. The van der Waals surface area contributed by atoms with Crippen LogP contribution in [0, 0.1) is 0 Å². The standard InChI is InChI=1S/C6H8NOS.BF4/c1-9(8)7-5-3-2-4-6-7;2-1(3,4)5/h2-6H,1H3;/q+1;-1. The molecular formula is C6H8BF4NOS. The van der Waals surface area contributed by atoms with Crippen molar-refractivity contribution in [1.29, 1.82) is 0 Å². The number of rotatable bonds is 1. The van der Waals surface area contributed by atoms with Gasteiger partial charge >= 0.3 is 7.25 Å². The monoisotopic (exact) mass is 229 g/mol. The molecule has 1 aromatic rings. The van der Waals surface area contributed by atoms with Crippen molar-refractivity contribution in [3.05, 3.63) is 30.6 Å². The Hall–Kier alpha value is -0.915. The van der Waals surface area contributed by atoms with Gasteiger partial charge in [0.15, 0.2) is 12.4 Å². The van der Waals surface area contributed by atoms with Crippen molar-refractivity contribution >= 4 is 18.2 Å². The molecule has 0 saturated carbocycles. The van der Waals surface area contributed by atoms with Gasteiger partial charge in [0.05, 0.1) is 6.26 Å². The van der Waals surface area contributed by atoms with Crippen molar-refractivity contribution in [1.82, 2.24) is 0 Å². The molecule has 1 unspecified atom stereocenters. The second kappa shape index (κ2) is 5.74. The lowest BCUT2D eigenvalue weighted by Gasteiger charge is -1.94. The van der Waals surface area contributed by atoms with Crippen molar-refractivity contribution in [2.75, 3.05) is 6.26 Å². The van der Waals surface area contributed by atoms with Crippen LogP contribution in [0.25, 0.3) is 0 Å². The van der Waals surface area contributed by atoms with Gasteiger partial charge in [-0.05, 0) is 0 Å². The van der Waals surface area contributed by atoms with Gasteiger partial charge in [-0.2, -0.15) is 4.21 Å².